The molecule has 1 saturated carbocycles. The van der Waals surface area contributed by atoms with Crippen LogP contribution in [0.2, 0.25) is 0 Å². The Hall–Kier alpha value is -0.610. The average Bonchev–Trinajstić information content (AvgIpc) is 2.89. The first-order valence-electron chi connectivity index (χ1n) is 6.87. The van der Waals surface area contributed by atoms with Crippen LogP contribution in [-0.2, 0) is 9.53 Å². The minimum atomic E-state index is -0.0921. The lowest BCUT2D eigenvalue weighted by molar-refractivity contribution is -0.148. The SMILES string of the molecule is CCOC(=O)C1CC(N)CN1CC1CCCC1. The molecule has 4 heteroatoms. The van der Waals surface area contributed by atoms with Crippen LogP contribution in [0, 0.1) is 5.92 Å². The first-order valence-corrected chi connectivity index (χ1v) is 6.87. The molecule has 17 heavy (non-hydrogen) atoms. The molecule has 0 aromatic rings. The van der Waals surface area contributed by atoms with E-state index in [0.29, 0.717) is 6.61 Å². The van der Waals surface area contributed by atoms with Crippen molar-refractivity contribution in [3.63, 3.8) is 0 Å². The number of hydrogen-bond donors (Lipinski definition) is 1. The molecular weight excluding hydrogens is 216 g/mol. The summed E-state index contributed by atoms with van der Waals surface area (Å²) in [6, 6.07) is 0.0383. The molecule has 0 aromatic carbocycles. The highest BCUT2D eigenvalue weighted by Gasteiger charge is 2.37. The molecule has 2 rings (SSSR count). The smallest absolute Gasteiger partial charge is 0.323 e. The van der Waals surface area contributed by atoms with Gasteiger partial charge in [0.25, 0.3) is 0 Å². The van der Waals surface area contributed by atoms with Gasteiger partial charge < -0.3 is 10.5 Å². The van der Waals surface area contributed by atoms with Crippen LogP contribution < -0.4 is 5.73 Å². The highest BCUT2D eigenvalue weighted by molar-refractivity contribution is 5.76. The third-order valence-electron chi connectivity index (χ3n) is 3.96. The van der Waals surface area contributed by atoms with Crippen LogP contribution >= 0.6 is 0 Å². The number of carbonyl (C=O) groups excluding carboxylic acids is 1. The fourth-order valence-corrected chi connectivity index (χ4v) is 3.15. The summed E-state index contributed by atoms with van der Waals surface area (Å²) in [5.74, 6) is 0.677. The number of ether oxygens (including phenoxy) is 1. The molecule has 2 N–H and O–H groups in total. The summed E-state index contributed by atoms with van der Waals surface area (Å²) >= 11 is 0. The summed E-state index contributed by atoms with van der Waals surface area (Å²) in [5, 5.41) is 0. The summed E-state index contributed by atoms with van der Waals surface area (Å²) in [5.41, 5.74) is 5.97. The molecule has 2 unspecified atom stereocenters. The van der Waals surface area contributed by atoms with Gasteiger partial charge in [0, 0.05) is 19.1 Å². The zero-order valence-corrected chi connectivity index (χ0v) is 10.7. The number of esters is 1. The van der Waals surface area contributed by atoms with E-state index in [4.69, 9.17) is 10.5 Å². The maximum Gasteiger partial charge on any atom is 0.323 e. The van der Waals surface area contributed by atoms with E-state index in [1.165, 1.54) is 25.7 Å². The fraction of sp³-hybridized carbons (Fsp3) is 0.923. The van der Waals surface area contributed by atoms with Crippen LogP contribution in [0.25, 0.3) is 0 Å². The average molecular weight is 240 g/mol. The van der Waals surface area contributed by atoms with E-state index in [1.807, 2.05) is 6.92 Å². The Morgan fingerprint density at radius 2 is 2.12 bits per heavy atom. The van der Waals surface area contributed by atoms with Gasteiger partial charge in [-0.15, -0.1) is 0 Å². The highest BCUT2D eigenvalue weighted by Crippen LogP contribution is 2.28. The lowest BCUT2D eigenvalue weighted by atomic mass is 10.1. The van der Waals surface area contributed by atoms with Crippen molar-refractivity contribution in [2.45, 2.75) is 51.1 Å². The minimum Gasteiger partial charge on any atom is -0.465 e. The van der Waals surface area contributed by atoms with Crippen molar-refractivity contribution in [2.24, 2.45) is 11.7 Å². The Morgan fingerprint density at radius 3 is 2.76 bits per heavy atom. The zero-order valence-electron chi connectivity index (χ0n) is 10.7. The fourth-order valence-electron chi connectivity index (χ4n) is 3.15. The van der Waals surface area contributed by atoms with Crippen molar-refractivity contribution in [1.82, 2.24) is 4.90 Å². The molecule has 1 heterocycles. The number of nitrogens with zero attached hydrogens (tertiary/aromatic N) is 1. The summed E-state index contributed by atoms with van der Waals surface area (Å²) in [6.07, 6.45) is 6.05. The van der Waals surface area contributed by atoms with E-state index in [1.54, 1.807) is 0 Å². The first kappa shape index (κ1) is 12.8. The Kier molecular flexibility index (Phi) is 4.40. The molecule has 1 aliphatic heterocycles. The maximum absolute atomic E-state index is 11.9. The molecule has 0 amide bonds. The molecule has 98 valence electrons. The molecule has 4 nitrogen and oxygen atoms in total. The second-order valence-corrected chi connectivity index (χ2v) is 5.37. The third-order valence-corrected chi connectivity index (χ3v) is 3.96. The molecule has 2 atom stereocenters. The van der Waals surface area contributed by atoms with E-state index in [9.17, 15) is 4.79 Å². The van der Waals surface area contributed by atoms with E-state index in [-0.39, 0.29) is 18.1 Å². The van der Waals surface area contributed by atoms with Crippen LogP contribution in [0.15, 0.2) is 0 Å². The largest absolute Gasteiger partial charge is 0.465 e. The normalized spacial score (nSPS) is 30.9. The lowest BCUT2D eigenvalue weighted by Crippen LogP contribution is -2.40. The quantitative estimate of drug-likeness (QED) is 0.749. The molecule has 2 aliphatic rings. The van der Waals surface area contributed by atoms with Gasteiger partial charge in [0.05, 0.1) is 6.61 Å². The van der Waals surface area contributed by atoms with Crippen LogP contribution in [0.4, 0.5) is 0 Å². The Bertz CT molecular complexity index is 264. The van der Waals surface area contributed by atoms with E-state index < -0.39 is 0 Å². The van der Waals surface area contributed by atoms with Gasteiger partial charge in [0.1, 0.15) is 6.04 Å². The number of rotatable bonds is 4. The van der Waals surface area contributed by atoms with Gasteiger partial charge in [0.15, 0.2) is 0 Å². The molecule has 0 radical (unpaired) electrons. The van der Waals surface area contributed by atoms with Crippen LogP contribution in [0.5, 0.6) is 0 Å². The van der Waals surface area contributed by atoms with Crippen molar-refractivity contribution in [3.8, 4) is 0 Å². The lowest BCUT2D eigenvalue weighted by Gasteiger charge is -2.25. The molecular formula is C13H24N2O2. The number of likely N-dealkylation sites (tertiary alicyclic amines) is 1. The van der Waals surface area contributed by atoms with Crippen molar-refractivity contribution in [1.29, 1.82) is 0 Å². The second-order valence-electron chi connectivity index (χ2n) is 5.37. The molecule has 0 spiro atoms. The van der Waals surface area contributed by atoms with Crippen LogP contribution in [0.1, 0.15) is 39.0 Å². The summed E-state index contributed by atoms with van der Waals surface area (Å²) in [4.78, 5) is 14.1. The van der Waals surface area contributed by atoms with Crippen LogP contribution in [0.3, 0.4) is 0 Å². The highest BCUT2D eigenvalue weighted by atomic mass is 16.5. The van der Waals surface area contributed by atoms with Gasteiger partial charge in [-0.1, -0.05) is 12.8 Å². The predicted octanol–water partition coefficient (Wildman–Crippen LogP) is 1.14. The van der Waals surface area contributed by atoms with Gasteiger partial charge in [0.2, 0.25) is 0 Å². The van der Waals surface area contributed by atoms with Gasteiger partial charge in [-0.05, 0) is 32.1 Å². The molecule has 0 bridgehead atoms. The Balaban J connectivity index is 1.90. The topological polar surface area (TPSA) is 55.6 Å². The van der Waals surface area contributed by atoms with Gasteiger partial charge in [-0.25, -0.2) is 0 Å². The Morgan fingerprint density at radius 1 is 1.41 bits per heavy atom. The summed E-state index contributed by atoms with van der Waals surface area (Å²) in [7, 11) is 0. The second kappa shape index (κ2) is 5.83. The first-order chi connectivity index (χ1) is 8.20. The van der Waals surface area contributed by atoms with Crippen LogP contribution in [-0.4, -0.2) is 42.6 Å². The molecule has 0 aromatic heterocycles. The minimum absolute atomic E-state index is 0.0848. The summed E-state index contributed by atoms with van der Waals surface area (Å²) in [6.45, 7) is 4.19. The summed E-state index contributed by atoms with van der Waals surface area (Å²) < 4.78 is 5.13. The van der Waals surface area contributed by atoms with Crippen molar-refractivity contribution in [2.75, 3.05) is 19.7 Å². The number of carbonyl (C=O) groups is 1. The molecule has 1 aliphatic carbocycles. The number of hydrogen-bond acceptors (Lipinski definition) is 4. The third kappa shape index (κ3) is 3.19. The van der Waals surface area contributed by atoms with E-state index in [0.717, 1.165) is 25.4 Å². The van der Waals surface area contributed by atoms with Crippen molar-refractivity contribution in [3.05, 3.63) is 0 Å². The van der Waals surface area contributed by atoms with Gasteiger partial charge in [-0.2, -0.15) is 0 Å². The maximum atomic E-state index is 11.9. The van der Waals surface area contributed by atoms with Crippen molar-refractivity contribution >= 4 is 5.97 Å². The van der Waals surface area contributed by atoms with E-state index >= 15 is 0 Å². The van der Waals surface area contributed by atoms with Gasteiger partial charge in [-0.3, -0.25) is 9.69 Å². The van der Waals surface area contributed by atoms with Crippen molar-refractivity contribution < 1.29 is 9.53 Å². The molecule has 1 saturated heterocycles. The number of nitrogens with two attached hydrogens (primary N) is 1. The predicted molar refractivity (Wildman–Crippen MR) is 66.5 cm³/mol. The monoisotopic (exact) mass is 240 g/mol. The van der Waals surface area contributed by atoms with E-state index in [2.05, 4.69) is 4.90 Å². The Labute approximate surface area is 103 Å². The van der Waals surface area contributed by atoms with Gasteiger partial charge >= 0.3 is 5.97 Å². The standard InChI is InChI=1S/C13H24N2O2/c1-2-17-13(16)12-7-11(14)9-15(12)8-10-5-3-4-6-10/h10-12H,2-9,14H2,1H3. The zero-order chi connectivity index (χ0) is 12.3. The molecule has 2 fully saturated rings.